The van der Waals surface area contributed by atoms with Gasteiger partial charge in [-0.3, -0.25) is 14.4 Å². The fraction of sp³-hybridized carbons (Fsp3) is 0.760. The van der Waals surface area contributed by atoms with Crippen LogP contribution >= 0.6 is 0 Å². The average molecular weight is 425 g/mol. The predicted molar refractivity (Wildman–Crippen MR) is 113 cm³/mol. The Balaban J connectivity index is 1.64. The van der Waals surface area contributed by atoms with Gasteiger partial charge in [0.05, 0.1) is 11.8 Å². The Morgan fingerprint density at radius 1 is 1.19 bits per heavy atom. The van der Waals surface area contributed by atoms with E-state index >= 15 is 0 Å². The summed E-state index contributed by atoms with van der Waals surface area (Å²) in [5.41, 5.74) is 9.29. The molecule has 4 fully saturated rings. The van der Waals surface area contributed by atoms with E-state index in [1.807, 2.05) is 6.92 Å². The Morgan fingerprint density at radius 2 is 1.94 bits per heavy atom. The first-order valence-corrected chi connectivity index (χ1v) is 11.8. The summed E-state index contributed by atoms with van der Waals surface area (Å²) >= 11 is 0. The maximum absolute atomic E-state index is 13.0. The summed E-state index contributed by atoms with van der Waals surface area (Å²) in [6.45, 7) is 8.69. The number of hydrogen-bond donors (Lipinski definition) is 0. The number of nitrogens with zero attached hydrogens (tertiary/aromatic N) is 2. The summed E-state index contributed by atoms with van der Waals surface area (Å²) < 4.78 is 5.23. The van der Waals surface area contributed by atoms with Crippen LogP contribution in [-0.2, 0) is 19.1 Å². The van der Waals surface area contributed by atoms with Crippen LogP contribution in [0.1, 0.15) is 66.2 Å². The van der Waals surface area contributed by atoms with Crippen LogP contribution in [0.4, 0.5) is 0 Å². The molecule has 0 amide bonds. The molecule has 31 heavy (non-hydrogen) atoms. The molecule has 1 heterocycles. The maximum Gasteiger partial charge on any atom is 0.323 e. The number of carbonyl (C=O) groups excluding carboxylic acids is 3. The summed E-state index contributed by atoms with van der Waals surface area (Å²) in [6.07, 6.45) is 8.70. The quantitative estimate of drug-likeness (QED) is 0.171. The van der Waals surface area contributed by atoms with Gasteiger partial charge in [0.15, 0.2) is 0 Å². The molecular weight excluding hydrogens is 392 g/mol. The molecule has 6 rings (SSSR count). The lowest BCUT2D eigenvalue weighted by molar-refractivity contribution is -0.185. The van der Waals surface area contributed by atoms with E-state index in [9.17, 15) is 14.4 Å². The van der Waals surface area contributed by atoms with E-state index in [1.165, 1.54) is 5.57 Å². The number of allylic oxidation sites excluding steroid dienone is 2. The van der Waals surface area contributed by atoms with Gasteiger partial charge in [-0.2, -0.15) is 4.79 Å². The molecule has 6 nitrogen and oxygen atoms in total. The van der Waals surface area contributed by atoms with Crippen molar-refractivity contribution in [3.63, 3.8) is 0 Å². The van der Waals surface area contributed by atoms with Gasteiger partial charge in [0, 0.05) is 10.8 Å². The molecule has 0 aromatic rings. The normalized spacial score (nSPS) is 47.6. The zero-order chi connectivity index (χ0) is 22.3. The van der Waals surface area contributed by atoms with Crippen molar-refractivity contribution in [3.05, 3.63) is 17.2 Å². The second kappa shape index (κ2) is 6.48. The molecule has 3 saturated carbocycles. The molecule has 8 atom stereocenters. The minimum atomic E-state index is -0.562. The van der Waals surface area contributed by atoms with Crippen LogP contribution in [0.5, 0.6) is 0 Å². The van der Waals surface area contributed by atoms with Gasteiger partial charge in [-0.25, -0.2) is 0 Å². The third kappa shape index (κ3) is 2.43. The zero-order valence-electron chi connectivity index (χ0n) is 18.9. The van der Waals surface area contributed by atoms with E-state index in [0.717, 1.165) is 44.7 Å². The number of ether oxygens (including phenoxy) is 1. The van der Waals surface area contributed by atoms with Crippen molar-refractivity contribution in [2.75, 3.05) is 0 Å². The molecule has 1 spiro atoms. The number of ketones is 1. The highest BCUT2D eigenvalue weighted by Gasteiger charge is 2.73. The smallest absolute Gasteiger partial charge is 0.323 e. The van der Waals surface area contributed by atoms with E-state index in [2.05, 4.69) is 31.6 Å². The molecule has 0 aromatic carbocycles. The fourth-order valence-electron chi connectivity index (χ4n) is 9.00. The molecule has 166 valence electrons. The molecule has 0 radical (unpaired) electrons. The van der Waals surface area contributed by atoms with Gasteiger partial charge in [0.2, 0.25) is 5.78 Å². The molecule has 6 aliphatic rings. The van der Waals surface area contributed by atoms with Crippen molar-refractivity contribution in [3.8, 4) is 0 Å². The second-order valence-corrected chi connectivity index (χ2v) is 11.5. The lowest BCUT2D eigenvalue weighted by Crippen LogP contribution is -2.65. The van der Waals surface area contributed by atoms with E-state index in [1.54, 1.807) is 0 Å². The van der Waals surface area contributed by atoms with E-state index in [4.69, 9.17) is 10.3 Å². The molecule has 1 aliphatic heterocycles. The van der Waals surface area contributed by atoms with Crippen molar-refractivity contribution in [1.29, 1.82) is 0 Å². The number of rotatable bonds is 3. The van der Waals surface area contributed by atoms with Crippen molar-refractivity contribution >= 4 is 23.9 Å². The third-order valence-electron chi connectivity index (χ3n) is 10.1. The second-order valence-electron chi connectivity index (χ2n) is 11.5. The van der Waals surface area contributed by atoms with Crippen LogP contribution in [-0.4, -0.2) is 28.7 Å². The van der Waals surface area contributed by atoms with Crippen molar-refractivity contribution in [2.45, 2.75) is 66.2 Å². The Kier molecular flexibility index (Phi) is 4.35. The predicted octanol–water partition coefficient (Wildman–Crippen LogP) is 4.00. The van der Waals surface area contributed by atoms with E-state index in [0.29, 0.717) is 5.92 Å². The zero-order valence-corrected chi connectivity index (χ0v) is 18.9. The number of Topliss-reactive ketones (excluding diaryl/α,β-unsaturated/α-hetero) is 1. The largest absolute Gasteiger partial charge is 0.393 e. The summed E-state index contributed by atoms with van der Waals surface area (Å²) in [5.74, 6) is -0.717. The summed E-state index contributed by atoms with van der Waals surface area (Å²) in [5, 5.41) is 0. The summed E-state index contributed by atoms with van der Waals surface area (Å²) in [6, 6.07) is 0. The Bertz CT molecular complexity index is 963. The molecular formula is C25H32N2O4. The average Bonchev–Trinajstić information content (AvgIpc) is 3.03. The molecule has 8 unspecified atom stereocenters. The molecule has 6 heteroatoms. The number of fused-ring (bicyclic) bond motifs is 1. The molecule has 5 aliphatic carbocycles. The molecule has 0 aromatic heterocycles. The minimum Gasteiger partial charge on any atom is -0.393 e. The van der Waals surface area contributed by atoms with Gasteiger partial charge in [-0.15, -0.1) is 0 Å². The van der Waals surface area contributed by atoms with Crippen LogP contribution in [0.15, 0.2) is 11.6 Å². The molecule has 1 saturated heterocycles. The number of esters is 2. The fourth-order valence-corrected chi connectivity index (χ4v) is 9.00. The first-order chi connectivity index (χ1) is 14.6. The molecule has 0 N–H and O–H groups in total. The maximum atomic E-state index is 13.0. The highest BCUT2D eigenvalue weighted by molar-refractivity contribution is 6.27. The van der Waals surface area contributed by atoms with E-state index < -0.39 is 5.41 Å². The van der Waals surface area contributed by atoms with Gasteiger partial charge < -0.3 is 10.3 Å². The monoisotopic (exact) mass is 424 g/mol. The SMILES string of the molecule is CC(C)C1=CC23CCC4C(C)(C(=O)C=[N+]=[N-])CCCC4(C)C2CC1C1C(=O)OC(=O)C13. The lowest BCUT2D eigenvalue weighted by atomic mass is 9.34. The Hall–Kier alpha value is -2.07. The van der Waals surface area contributed by atoms with E-state index in [-0.39, 0.29) is 58.1 Å². The lowest BCUT2D eigenvalue weighted by Gasteiger charge is -2.68. The highest BCUT2D eigenvalue weighted by atomic mass is 16.6. The van der Waals surface area contributed by atoms with Gasteiger partial charge in [0.1, 0.15) is 0 Å². The van der Waals surface area contributed by atoms with Crippen molar-refractivity contribution < 1.29 is 23.9 Å². The summed E-state index contributed by atoms with van der Waals surface area (Å²) in [7, 11) is 0. The van der Waals surface area contributed by atoms with Crippen molar-refractivity contribution in [1.82, 2.24) is 0 Å². The van der Waals surface area contributed by atoms with Crippen LogP contribution < -0.4 is 0 Å². The van der Waals surface area contributed by atoms with Crippen LogP contribution in [0.2, 0.25) is 0 Å². The Labute approximate surface area is 183 Å². The van der Waals surface area contributed by atoms with Crippen molar-refractivity contribution in [2.24, 2.45) is 51.8 Å². The number of cyclic esters (lactones) is 2. The number of hydrogen-bond acceptors (Lipinski definition) is 4. The highest BCUT2D eigenvalue weighted by Crippen LogP contribution is 2.74. The topological polar surface area (TPSA) is 96.8 Å². The van der Waals surface area contributed by atoms with Gasteiger partial charge in [-0.1, -0.05) is 45.8 Å². The third-order valence-corrected chi connectivity index (χ3v) is 10.1. The molecule has 2 bridgehead atoms. The first kappa shape index (κ1) is 20.8. The summed E-state index contributed by atoms with van der Waals surface area (Å²) in [4.78, 5) is 41.7. The van der Waals surface area contributed by atoms with Gasteiger partial charge >= 0.3 is 18.2 Å². The van der Waals surface area contributed by atoms with Crippen LogP contribution in [0, 0.1) is 51.8 Å². The first-order valence-electron chi connectivity index (χ1n) is 11.8. The van der Waals surface area contributed by atoms with Gasteiger partial charge in [-0.05, 0) is 61.2 Å². The number of carbonyl (C=O) groups is 3. The standard InChI is InChI=1S/C25H32N2O4/c1-13(2)15-11-25-9-6-16-23(3,7-5-8-24(16,4)18(28)12-27-26)17(25)10-14(15)19-20(25)22(30)31-21(19)29/h11-14,16-17,19-20H,5-10H2,1-4H3. The van der Waals surface area contributed by atoms with Crippen LogP contribution in [0.3, 0.4) is 0 Å². The van der Waals surface area contributed by atoms with Crippen LogP contribution in [0.25, 0.3) is 5.53 Å². The Morgan fingerprint density at radius 3 is 2.61 bits per heavy atom. The van der Waals surface area contributed by atoms with Gasteiger partial charge in [0.25, 0.3) is 0 Å². The minimum absolute atomic E-state index is 0.0503.